The molecular formula is C19H22N2O6S. The fourth-order valence-electron chi connectivity index (χ4n) is 2.59. The first-order chi connectivity index (χ1) is 13.2. The predicted octanol–water partition coefficient (Wildman–Crippen LogP) is 2.19. The van der Waals surface area contributed by atoms with Crippen molar-refractivity contribution in [1.82, 2.24) is 0 Å². The van der Waals surface area contributed by atoms with E-state index in [9.17, 15) is 18.0 Å². The van der Waals surface area contributed by atoms with Crippen LogP contribution in [-0.2, 0) is 19.6 Å². The van der Waals surface area contributed by atoms with Gasteiger partial charge in [-0.2, -0.15) is 0 Å². The number of sulfonamides is 1. The molecule has 0 aliphatic rings. The number of methoxy groups -OCH3 is 2. The Bertz CT molecular complexity index is 988. The van der Waals surface area contributed by atoms with Gasteiger partial charge in [-0.3, -0.25) is 9.10 Å². The molecule has 0 spiro atoms. The number of esters is 1. The minimum atomic E-state index is -3.72. The summed E-state index contributed by atoms with van der Waals surface area (Å²) in [5.41, 5.74) is 1.53. The maximum atomic E-state index is 12.5. The van der Waals surface area contributed by atoms with Gasteiger partial charge in [-0.15, -0.1) is 0 Å². The van der Waals surface area contributed by atoms with Crippen molar-refractivity contribution >= 4 is 33.3 Å². The fraction of sp³-hybridized carbons (Fsp3) is 0.263. The molecule has 0 fully saturated rings. The molecule has 1 amide bonds. The summed E-state index contributed by atoms with van der Waals surface area (Å²) < 4.78 is 35.2. The number of nitrogens with zero attached hydrogens (tertiary/aromatic N) is 1. The van der Waals surface area contributed by atoms with Crippen molar-refractivity contribution in [2.24, 2.45) is 0 Å². The summed E-state index contributed by atoms with van der Waals surface area (Å²) in [7, 11) is -0.988. The van der Waals surface area contributed by atoms with Gasteiger partial charge in [-0.25, -0.2) is 13.2 Å². The number of hydrogen-bond donors (Lipinski definition) is 1. The first-order valence-corrected chi connectivity index (χ1v) is 10.1. The second-order valence-corrected chi connectivity index (χ2v) is 7.90. The summed E-state index contributed by atoms with van der Waals surface area (Å²) in [6, 6.07) is 11.2. The molecule has 0 aliphatic carbocycles. The zero-order valence-electron chi connectivity index (χ0n) is 16.1. The first kappa shape index (κ1) is 21.2. The van der Waals surface area contributed by atoms with Gasteiger partial charge in [0.2, 0.25) is 15.9 Å². The van der Waals surface area contributed by atoms with E-state index in [1.54, 1.807) is 43.3 Å². The molecular weight excluding hydrogens is 384 g/mol. The molecule has 0 heterocycles. The van der Waals surface area contributed by atoms with Crippen molar-refractivity contribution < 1.29 is 27.5 Å². The van der Waals surface area contributed by atoms with Gasteiger partial charge in [0.15, 0.2) is 0 Å². The van der Waals surface area contributed by atoms with E-state index in [2.05, 4.69) is 5.32 Å². The summed E-state index contributed by atoms with van der Waals surface area (Å²) in [6.07, 6.45) is 1.02. The number of carbonyl (C=O) groups is 2. The van der Waals surface area contributed by atoms with Crippen LogP contribution in [0.3, 0.4) is 0 Å². The Morgan fingerprint density at radius 1 is 1.11 bits per heavy atom. The molecule has 0 saturated heterocycles. The van der Waals surface area contributed by atoms with Gasteiger partial charge < -0.3 is 14.8 Å². The lowest BCUT2D eigenvalue weighted by Gasteiger charge is -2.22. The lowest BCUT2D eigenvalue weighted by atomic mass is 10.1. The number of rotatable bonds is 7. The van der Waals surface area contributed by atoms with Crippen LogP contribution in [0.1, 0.15) is 15.9 Å². The Hall–Kier alpha value is -3.07. The van der Waals surface area contributed by atoms with E-state index in [1.807, 2.05) is 0 Å². The van der Waals surface area contributed by atoms with Crippen LogP contribution in [0.25, 0.3) is 0 Å². The Kier molecular flexibility index (Phi) is 6.63. The zero-order valence-corrected chi connectivity index (χ0v) is 16.9. The number of nitrogens with one attached hydrogen (secondary N) is 1. The van der Waals surface area contributed by atoms with E-state index in [4.69, 9.17) is 9.47 Å². The number of ether oxygens (including phenoxy) is 2. The summed E-state index contributed by atoms with van der Waals surface area (Å²) in [5, 5.41) is 2.65. The highest BCUT2D eigenvalue weighted by Crippen LogP contribution is 2.24. The molecule has 2 rings (SSSR count). The van der Waals surface area contributed by atoms with Gasteiger partial charge in [0.05, 0.1) is 31.7 Å². The average Bonchev–Trinajstić information content (AvgIpc) is 2.66. The molecule has 8 nitrogen and oxygen atoms in total. The Balaban J connectivity index is 2.27. The Morgan fingerprint density at radius 3 is 2.39 bits per heavy atom. The summed E-state index contributed by atoms with van der Waals surface area (Å²) in [5.74, 6) is -0.616. The quantitative estimate of drug-likeness (QED) is 0.707. The molecule has 0 aliphatic heterocycles. The smallest absolute Gasteiger partial charge is 0.338 e. The predicted molar refractivity (Wildman–Crippen MR) is 106 cm³/mol. The third kappa shape index (κ3) is 5.01. The number of amides is 1. The van der Waals surface area contributed by atoms with Crippen LogP contribution < -0.4 is 14.4 Å². The van der Waals surface area contributed by atoms with Crippen LogP contribution in [0, 0.1) is 6.92 Å². The molecule has 0 atom stereocenters. The van der Waals surface area contributed by atoms with Crippen LogP contribution in [0.15, 0.2) is 42.5 Å². The number of carbonyl (C=O) groups excluding carboxylic acids is 2. The molecule has 1 N–H and O–H groups in total. The second kappa shape index (κ2) is 8.75. The Morgan fingerprint density at radius 2 is 1.79 bits per heavy atom. The number of hydrogen-bond acceptors (Lipinski definition) is 6. The molecule has 28 heavy (non-hydrogen) atoms. The number of benzene rings is 2. The van der Waals surface area contributed by atoms with Crippen LogP contribution >= 0.6 is 0 Å². The van der Waals surface area contributed by atoms with Crippen molar-refractivity contribution in [2.75, 3.05) is 36.6 Å². The minimum absolute atomic E-state index is 0.303. The van der Waals surface area contributed by atoms with Crippen molar-refractivity contribution in [3.63, 3.8) is 0 Å². The highest BCUT2D eigenvalue weighted by atomic mass is 32.2. The molecule has 150 valence electrons. The van der Waals surface area contributed by atoms with Crippen LogP contribution in [0.4, 0.5) is 11.4 Å². The summed E-state index contributed by atoms with van der Waals surface area (Å²) in [4.78, 5) is 24.3. The lowest BCUT2D eigenvalue weighted by Crippen LogP contribution is -2.37. The van der Waals surface area contributed by atoms with Crippen molar-refractivity contribution in [3.05, 3.63) is 53.6 Å². The maximum Gasteiger partial charge on any atom is 0.338 e. The van der Waals surface area contributed by atoms with Crippen molar-refractivity contribution in [3.8, 4) is 5.75 Å². The molecule has 0 aromatic heterocycles. The first-order valence-electron chi connectivity index (χ1n) is 8.27. The SMILES string of the molecule is COC(=O)c1cccc(NC(=O)CN(c2cccc(OC)c2)S(C)(=O)=O)c1C. The molecule has 2 aromatic carbocycles. The third-order valence-corrected chi connectivity index (χ3v) is 5.18. The monoisotopic (exact) mass is 406 g/mol. The largest absolute Gasteiger partial charge is 0.497 e. The summed E-state index contributed by atoms with van der Waals surface area (Å²) >= 11 is 0. The maximum absolute atomic E-state index is 12.5. The van der Waals surface area contributed by atoms with E-state index in [0.29, 0.717) is 28.3 Å². The molecule has 0 radical (unpaired) electrons. The average molecular weight is 406 g/mol. The van der Waals surface area contributed by atoms with E-state index in [1.165, 1.54) is 20.3 Å². The molecule has 0 unspecified atom stereocenters. The zero-order chi connectivity index (χ0) is 20.9. The van der Waals surface area contributed by atoms with Gasteiger partial charge >= 0.3 is 5.97 Å². The highest BCUT2D eigenvalue weighted by Gasteiger charge is 2.22. The summed E-state index contributed by atoms with van der Waals surface area (Å²) in [6.45, 7) is 1.23. The van der Waals surface area contributed by atoms with Gasteiger partial charge in [0, 0.05) is 11.8 Å². The van der Waals surface area contributed by atoms with E-state index in [-0.39, 0.29) is 0 Å². The molecule has 0 saturated carbocycles. The van der Waals surface area contributed by atoms with Crippen LogP contribution in [0.2, 0.25) is 0 Å². The molecule has 0 bridgehead atoms. The van der Waals surface area contributed by atoms with Gasteiger partial charge in [0.25, 0.3) is 0 Å². The standard InChI is InChI=1S/C19H22N2O6S/c1-13-16(19(23)27-3)9-6-10-17(13)20-18(22)12-21(28(4,24)25)14-7-5-8-15(11-14)26-2/h5-11H,12H2,1-4H3,(H,20,22). The van der Waals surface area contributed by atoms with Gasteiger partial charge in [-0.05, 0) is 36.8 Å². The van der Waals surface area contributed by atoms with Gasteiger partial charge in [0.1, 0.15) is 12.3 Å². The minimum Gasteiger partial charge on any atom is -0.497 e. The third-order valence-electron chi connectivity index (χ3n) is 4.04. The normalized spacial score (nSPS) is 10.9. The van der Waals surface area contributed by atoms with E-state index < -0.39 is 28.4 Å². The fourth-order valence-corrected chi connectivity index (χ4v) is 3.44. The molecule has 9 heteroatoms. The van der Waals surface area contributed by atoms with Crippen molar-refractivity contribution in [2.45, 2.75) is 6.92 Å². The molecule has 2 aromatic rings. The van der Waals surface area contributed by atoms with E-state index in [0.717, 1.165) is 10.6 Å². The lowest BCUT2D eigenvalue weighted by molar-refractivity contribution is -0.114. The van der Waals surface area contributed by atoms with Crippen LogP contribution in [-0.4, -0.2) is 47.3 Å². The van der Waals surface area contributed by atoms with Gasteiger partial charge in [-0.1, -0.05) is 12.1 Å². The number of anilines is 2. The van der Waals surface area contributed by atoms with Crippen LogP contribution in [0.5, 0.6) is 5.75 Å². The topological polar surface area (TPSA) is 102 Å². The van der Waals surface area contributed by atoms with E-state index >= 15 is 0 Å². The second-order valence-electron chi connectivity index (χ2n) is 5.99. The Labute approximate surface area is 164 Å². The van der Waals surface area contributed by atoms with Crippen molar-refractivity contribution in [1.29, 1.82) is 0 Å². The highest BCUT2D eigenvalue weighted by molar-refractivity contribution is 7.92.